The van der Waals surface area contributed by atoms with E-state index in [1.165, 1.54) is 0 Å². The number of hydrogen-bond donors (Lipinski definition) is 1. The van der Waals surface area contributed by atoms with E-state index in [4.69, 9.17) is 0 Å². The number of hydrogen-bond acceptors (Lipinski definition) is 1. The van der Waals surface area contributed by atoms with Crippen LogP contribution in [0.2, 0.25) is 0 Å². The average Bonchev–Trinajstić information content (AvgIpc) is 2.67. The minimum atomic E-state index is -0.923. The molecule has 1 saturated carbocycles. The van der Waals surface area contributed by atoms with Crippen LogP contribution in [0, 0.1) is 11.7 Å². The molecule has 1 aliphatic carbocycles. The third kappa shape index (κ3) is 1.30. The summed E-state index contributed by atoms with van der Waals surface area (Å²) in [6, 6.07) is 5.02. The first-order valence-corrected chi connectivity index (χ1v) is 5.02. The van der Waals surface area contributed by atoms with E-state index in [0.717, 1.165) is 0 Å². The molecule has 0 aliphatic heterocycles. The van der Waals surface area contributed by atoms with Crippen LogP contribution in [-0.4, -0.2) is 5.11 Å². The van der Waals surface area contributed by atoms with Gasteiger partial charge in [-0.2, -0.15) is 0 Å². The fourth-order valence-electron chi connectivity index (χ4n) is 1.62. The maximum absolute atomic E-state index is 13.5. The lowest BCUT2D eigenvalue weighted by molar-refractivity contribution is 0.130. The minimum Gasteiger partial charge on any atom is -0.385 e. The van der Waals surface area contributed by atoms with E-state index in [-0.39, 0.29) is 11.7 Å². The topological polar surface area (TPSA) is 20.2 Å². The third-order valence-corrected chi connectivity index (χ3v) is 3.30. The van der Waals surface area contributed by atoms with Gasteiger partial charge in [-0.05, 0) is 34.3 Å². The van der Waals surface area contributed by atoms with E-state index in [0.29, 0.717) is 16.5 Å². The smallest absolute Gasteiger partial charge is 0.143 e. The zero-order chi connectivity index (χ0) is 9.64. The van der Waals surface area contributed by atoms with Crippen LogP contribution in [0.5, 0.6) is 0 Å². The Labute approximate surface area is 84.7 Å². The summed E-state index contributed by atoms with van der Waals surface area (Å²) in [5.41, 5.74) is -0.511. The molecule has 1 N–H and O–H groups in total. The van der Waals surface area contributed by atoms with Gasteiger partial charge in [0.15, 0.2) is 0 Å². The molecular formula is C10H10BrFO. The molecule has 1 fully saturated rings. The minimum absolute atomic E-state index is 0.163. The van der Waals surface area contributed by atoms with Gasteiger partial charge in [0.1, 0.15) is 5.82 Å². The summed E-state index contributed by atoms with van der Waals surface area (Å²) in [4.78, 5) is 0. The lowest BCUT2D eigenvalue weighted by Gasteiger charge is -2.11. The molecule has 2 rings (SSSR count). The molecule has 0 aromatic heterocycles. The molecule has 0 saturated heterocycles. The molecule has 13 heavy (non-hydrogen) atoms. The zero-order valence-electron chi connectivity index (χ0n) is 7.22. The quantitative estimate of drug-likeness (QED) is 0.806. The molecule has 70 valence electrons. The summed E-state index contributed by atoms with van der Waals surface area (Å²) in [5, 5.41) is 9.91. The van der Waals surface area contributed by atoms with Crippen molar-refractivity contribution in [2.75, 3.05) is 0 Å². The van der Waals surface area contributed by atoms with Crippen molar-refractivity contribution >= 4 is 15.9 Å². The van der Waals surface area contributed by atoms with E-state index >= 15 is 0 Å². The molecule has 0 bridgehead atoms. The van der Waals surface area contributed by atoms with Crippen LogP contribution in [0.4, 0.5) is 4.39 Å². The molecule has 1 nitrogen and oxygen atoms in total. The van der Waals surface area contributed by atoms with Crippen LogP contribution < -0.4 is 0 Å². The Morgan fingerprint density at radius 1 is 1.62 bits per heavy atom. The van der Waals surface area contributed by atoms with Crippen LogP contribution >= 0.6 is 15.9 Å². The van der Waals surface area contributed by atoms with Gasteiger partial charge in [-0.25, -0.2) is 4.39 Å². The Morgan fingerprint density at radius 2 is 2.23 bits per heavy atom. The SMILES string of the molecule is CC1CC1(O)c1cccc(Br)c1F. The highest BCUT2D eigenvalue weighted by Crippen LogP contribution is 2.52. The van der Waals surface area contributed by atoms with Gasteiger partial charge in [-0.3, -0.25) is 0 Å². The highest BCUT2D eigenvalue weighted by atomic mass is 79.9. The predicted octanol–water partition coefficient (Wildman–Crippen LogP) is 2.82. The average molecular weight is 245 g/mol. The van der Waals surface area contributed by atoms with Gasteiger partial charge in [0.2, 0.25) is 0 Å². The lowest BCUT2D eigenvalue weighted by atomic mass is 10.1. The van der Waals surface area contributed by atoms with Crippen molar-refractivity contribution in [1.29, 1.82) is 0 Å². The van der Waals surface area contributed by atoms with Crippen LogP contribution in [0.1, 0.15) is 18.9 Å². The summed E-state index contributed by atoms with van der Waals surface area (Å²) in [6.07, 6.45) is 0.653. The van der Waals surface area contributed by atoms with Gasteiger partial charge in [0, 0.05) is 5.56 Å². The lowest BCUT2D eigenvalue weighted by Crippen LogP contribution is -2.10. The van der Waals surface area contributed by atoms with Crippen LogP contribution in [0.25, 0.3) is 0 Å². The van der Waals surface area contributed by atoms with E-state index < -0.39 is 5.60 Å². The Balaban J connectivity index is 2.47. The van der Waals surface area contributed by atoms with E-state index in [9.17, 15) is 9.50 Å². The molecule has 1 aliphatic rings. The molecule has 2 unspecified atom stereocenters. The van der Waals surface area contributed by atoms with Gasteiger partial charge in [-0.15, -0.1) is 0 Å². The highest BCUT2D eigenvalue weighted by Gasteiger charge is 2.52. The highest BCUT2D eigenvalue weighted by molar-refractivity contribution is 9.10. The predicted molar refractivity (Wildman–Crippen MR) is 51.8 cm³/mol. The molecule has 0 radical (unpaired) electrons. The van der Waals surface area contributed by atoms with Crippen LogP contribution in [0.3, 0.4) is 0 Å². The first-order valence-electron chi connectivity index (χ1n) is 4.22. The van der Waals surface area contributed by atoms with Crippen molar-refractivity contribution in [1.82, 2.24) is 0 Å². The summed E-state index contributed by atoms with van der Waals surface area (Å²) >= 11 is 3.10. The Hall–Kier alpha value is -0.410. The van der Waals surface area contributed by atoms with E-state index in [1.54, 1.807) is 18.2 Å². The van der Waals surface area contributed by atoms with Crippen molar-refractivity contribution in [2.24, 2.45) is 5.92 Å². The van der Waals surface area contributed by atoms with Gasteiger partial charge < -0.3 is 5.11 Å². The van der Waals surface area contributed by atoms with E-state index in [1.807, 2.05) is 6.92 Å². The summed E-state index contributed by atoms with van der Waals surface area (Å²) in [6.45, 7) is 1.92. The second kappa shape index (κ2) is 2.79. The number of benzene rings is 1. The number of rotatable bonds is 1. The van der Waals surface area contributed by atoms with Gasteiger partial charge in [0.05, 0.1) is 10.1 Å². The maximum atomic E-state index is 13.5. The Bertz CT molecular complexity index is 353. The molecule has 0 heterocycles. The fraction of sp³-hybridized carbons (Fsp3) is 0.400. The van der Waals surface area contributed by atoms with Gasteiger partial charge in [0.25, 0.3) is 0 Å². The Morgan fingerprint density at radius 3 is 2.77 bits per heavy atom. The van der Waals surface area contributed by atoms with Crippen molar-refractivity contribution in [3.63, 3.8) is 0 Å². The van der Waals surface area contributed by atoms with Gasteiger partial charge >= 0.3 is 0 Å². The summed E-state index contributed by atoms with van der Waals surface area (Å²) < 4.78 is 13.9. The van der Waals surface area contributed by atoms with Crippen molar-refractivity contribution in [3.05, 3.63) is 34.1 Å². The molecular weight excluding hydrogens is 235 g/mol. The number of aliphatic hydroxyl groups is 1. The van der Waals surface area contributed by atoms with Crippen molar-refractivity contribution < 1.29 is 9.50 Å². The standard InChI is InChI=1S/C10H10BrFO/c1-6-5-10(6,13)7-3-2-4-8(11)9(7)12/h2-4,6,13H,5H2,1H3. The molecule has 1 aromatic rings. The van der Waals surface area contributed by atoms with Gasteiger partial charge in [-0.1, -0.05) is 19.1 Å². The number of halogens is 2. The Kier molecular flexibility index (Phi) is 1.96. The molecule has 1 aromatic carbocycles. The molecule has 0 spiro atoms. The third-order valence-electron chi connectivity index (χ3n) is 2.69. The van der Waals surface area contributed by atoms with Crippen LogP contribution in [-0.2, 0) is 5.60 Å². The first kappa shape index (κ1) is 9.16. The second-order valence-electron chi connectivity index (χ2n) is 3.63. The normalized spacial score (nSPS) is 31.8. The molecule has 3 heteroatoms. The van der Waals surface area contributed by atoms with Crippen molar-refractivity contribution in [2.45, 2.75) is 18.9 Å². The fourth-order valence-corrected chi connectivity index (χ4v) is 1.99. The summed E-state index contributed by atoms with van der Waals surface area (Å²) in [5.74, 6) is -0.175. The van der Waals surface area contributed by atoms with Crippen LogP contribution in [0.15, 0.2) is 22.7 Å². The maximum Gasteiger partial charge on any atom is 0.143 e. The molecule has 2 atom stereocenters. The van der Waals surface area contributed by atoms with E-state index in [2.05, 4.69) is 15.9 Å². The first-order chi connectivity index (χ1) is 6.05. The summed E-state index contributed by atoms with van der Waals surface area (Å²) in [7, 11) is 0. The zero-order valence-corrected chi connectivity index (χ0v) is 8.81. The molecule has 0 amide bonds. The second-order valence-corrected chi connectivity index (χ2v) is 4.49. The largest absolute Gasteiger partial charge is 0.385 e. The monoisotopic (exact) mass is 244 g/mol. The van der Waals surface area contributed by atoms with Crippen molar-refractivity contribution in [3.8, 4) is 0 Å².